The average molecular weight is 278 g/mol. The number of amides is 1. The molecule has 108 valence electrons. The van der Waals surface area contributed by atoms with E-state index in [4.69, 9.17) is 9.15 Å². The molecule has 0 bridgehead atoms. The van der Waals surface area contributed by atoms with Gasteiger partial charge >= 0.3 is 12.1 Å². The maximum Gasteiger partial charge on any atom is 0.410 e. The van der Waals surface area contributed by atoms with E-state index in [-0.39, 0.29) is 6.09 Å². The number of rotatable bonds is 2. The largest absolute Gasteiger partial charge is 0.439 e. The van der Waals surface area contributed by atoms with E-state index in [1.807, 2.05) is 4.90 Å². The van der Waals surface area contributed by atoms with Crippen LogP contribution >= 0.6 is 0 Å². The first-order chi connectivity index (χ1) is 9.65. The van der Waals surface area contributed by atoms with Gasteiger partial charge in [-0.15, -0.1) is 5.10 Å². The van der Waals surface area contributed by atoms with Gasteiger partial charge in [0.2, 0.25) is 5.89 Å². The third-order valence-electron chi connectivity index (χ3n) is 4.61. The molecular weight excluding hydrogens is 260 g/mol. The normalized spacial score (nSPS) is 30.1. The first-order valence-electron chi connectivity index (χ1n) is 7.18. The van der Waals surface area contributed by atoms with Crippen LogP contribution < -0.4 is 4.90 Å². The molecule has 1 saturated carbocycles. The molecule has 0 radical (unpaired) electrons. The highest BCUT2D eigenvalue weighted by molar-refractivity contribution is 5.70. The molecule has 1 amide bonds. The number of ether oxygens (including phenoxy) is 1. The predicted octanol–water partition coefficient (Wildman–Crippen LogP) is 1.37. The topological polar surface area (TPSA) is 71.7 Å². The van der Waals surface area contributed by atoms with E-state index in [1.54, 1.807) is 11.9 Å². The first-order valence-corrected chi connectivity index (χ1v) is 7.18. The van der Waals surface area contributed by atoms with Gasteiger partial charge in [-0.05, 0) is 12.8 Å². The number of hydrogen-bond donors (Lipinski definition) is 0. The Kier molecular flexibility index (Phi) is 2.46. The van der Waals surface area contributed by atoms with Crippen LogP contribution in [-0.2, 0) is 4.74 Å². The Labute approximate surface area is 116 Å². The molecule has 7 nitrogen and oxygen atoms in total. The van der Waals surface area contributed by atoms with Crippen molar-refractivity contribution in [2.24, 2.45) is 0 Å². The lowest BCUT2D eigenvalue weighted by atomic mass is 9.85. The van der Waals surface area contributed by atoms with Crippen LogP contribution in [0.5, 0.6) is 0 Å². The fraction of sp³-hybridized carbons (Fsp3) is 0.769. The number of carbonyl (C=O) groups is 1. The maximum atomic E-state index is 11.6. The van der Waals surface area contributed by atoms with Gasteiger partial charge in [-0.1, -0.05) is 11.5 Å². The molecule has 0 N–H and O–H groups in total. The second kappa shape index (κ2) is 4.10. The summed E-state index contributed by atoms with van der Waals surface area (Å²) in [5.74, 6) is 1.20. The van der Waals surface area contributed by atoms with Gasteiger partial charge in [0, 0.05) is 25.9 Å². The van der Waals surface area contributed by atoms with Crippen LogP contribution in [-0.4, -0.2) is 53.5 Å². The van der Waals surface area contributed by atoms with Crippen LogP contribution in [0.25, 0.3) is 0 Å². The van der Waals surface area contributed by atoms with Crippen molar-refractivity contribution in [2.45, 2.75) is 37.2 Å². The smallest absolute Gasteiger partial charge is 0.410 e. The third kappa shape index (κ3) is 1.76. The Balaban J connectivity index is 1.48. The summed E-state index contributed by atoms with van der Waals surface area (Å²) in [4.78, 5) is 15.2. The van der Waals surface area contributed by atoms with Gasteiger partial charge in [0.05, 0.1) is 13.1 Å². The van der Waals surface area contributed by atoms with Crippen molar-refractivity contribution in [3.8, 4) is 0 Å². The highest BCUT2D eigenvalue weighted by Gasteiger charge is 2.49. The summed E-state index contributed by atoms with van der Waals surface area (Å²) in [6.07, 6.45) is 4.11. The summed E-state index contributed by atoms with van der Waals surface area (Å²) in [5.41, 5.74) is -0.406. The van der Waals surface area contributed by atoms with Crippen LogP contribution in [0, 0.1) is 0 Å². The van der Waals surface area contributed by atoms with Crippen molar-refractivity contribution >= 4 is 12.1 Å². The molecule has 1 atom stereocenters. The molecule has 3 aliphatic rings. The molecule has 7 heteroatoms. The SMILES string of the molecule is CN1C[C@]2(CCN(c3nnc(C4CCC4)o3)C2)OC1=O. The van der Waals surface area contributed by atoms with Gasteiger partial charge in [0.1, 0.15) is 0 Å². The van der Waals surface area contributed by atoms with E-state index in [1.165, 1.54) is 6.42 Å². The quantitative estimate of drug-likeness (QED) is 0.813. The minimum atomic E-state index is -0.406. The minimum Gasteiger partial charge on any atom is -0.439 e. The molecule has 1 aliphatic carbocycles. The van der Waals surface area contributed by atoms with Crippen LogP contribution in [0.4, 0.5) is 10.8 Å². The van der Waals surface area contributed by atoms with E-state index in [2.05, 4.69) is 10.2 Å². The van der Waals surface area contributed by atoms with E-state index in [0.29, 0.717) is 25.0 Å². The molecule has 1 aromatic rings. The summed E-state index contributed by atoms with van der Waals surface area (Å²) in [6, 6.07) is 0.564. The molecule has 3 heterocycles. The second-order valence-electron chi connectivity index (χ2n) is 6.13. The van der Waals surface area contributed by atoms with Crippen LogP contribution in [0.1, 0.15) is 37.5 Å². The second-order valence-corrected chi connectivity index (χ2v) is 6.13. The van der Waals surface area contributed by atoms with Gasteiger partial charge in [-0.25, -0.2) is 4.79 Å². The van der Waals surface area contributed by atoms with E-state index >= 15 is 0 Å². The van der Waals surface area contributed by atoms with Crippen molar-refractivity contribution in [2.75, 3.05) is 31.6 Å². The summed E-state index contributed by atoms with van der Waals surface area (Å²) < 4.78 is 11.3. The molecule has 4 rings (SSSR count). The number of anilines is 1. The predicted molar refractivity (Wildman–Crippen MR) is 69.6 cm³/mol. The van der Waals surface area contributed by atoms with Crippen LogP contribution in [0.3, 0.4) is 0 Å². The number of aromatic nitrogens is 2. The molecule has 2 saturated heterocycles. The zero-order valence-electron chi connectivity index (χ0n) is 11.5. The Morgan fingerprint density at radius 1 is 1.30 bits per heavy atom. The zero-order valence-corrected chi connectivity index (χ0v) is 11.5. The summed E-state index contributed by atoms with van der Waals surface area (Å²) in [7, 11) is 1.77. The van der Waals surface area contributed by atoms with Crippen molar-refractivity contribution in [3.05, 3.63) is 5.89 Å². The lowest BCUT2D eigenvalue weighted by Crippen LogP contribution is -2.37. The third-order valence-corrected chi connectivity index (χ3v) is 4.61. The molecule has 1 aromatic heterocycles. The molecule has 0 aromatic carbocycles. The Morgan fingerprint density at radius 3 is 2.80 bits per heavy atom. The number of nitrogens with zero attached hydrogens (tertiary/aromatic N) is 4. The lowest BCUT2D eigenvalue weighted by molar-refractivity contribution is 0.0739. The fourth-order valence-electron chi connectivity index (χ4n) is 3.19. The summed E-state index contributed by atoms with van der Waals surface area (Å²) in [6.45, 7) is 2.05. The maximum absolute atomic E-state index is 11.6. The van der Waals surface area contributed by atoms with Gasteiger partial charge in [-0.3, -0.25) is 0 Å². The molecule has 2 aliphatic heterocycles. The number of likely N-dealkylation sites (N-methyl/N-ethyl adjacent to an activating group) is 1. The monoisotopic (exact) mass is 278 g/mol. The zero-order chi connectivity index (χ0) is 13.7. The Bertz CT molecular complexity index is 541. The Hall–Kier alpha value is -1.79. The standard InChI is InChI=1S/C13H18N4O3/c1-16-7-13(20-12(16)18)5-6-17(8-13)11-15-14-10(19-11)9-3-2-4-9/h9H,2-8H2,1H3/t13-/m0/s1. The fourth-order valence-corrected chi connectivity index (χ4v) is 3.19. The highest BCUT2D eigenvalue weighted by Crippen LogP contribution is 2.38. The molecule has 1 spiro atoms. The molecular formula is C13H18N4O3. The van der Waals surface area contributed by atoms with Gasteiger partial charge < -0.3 is 19.0 Å². The van der Waals surface area contributed by atoms with Gasteiger partial charge in [0.15, 0.2) is 5.60 Å². The Morgan fingerprint density at radius 2 is 2.15 bits per heavy atom. The van der Waals surface area contributed by atoms with Crippen molar-refractivity contribution in [1.82, 2.24) is 15.1 Å². The molecule has 3 fully saturated rings. The van der Waals surface area contributed by atoms with E-state index in [9.17, 15) is 4.79 Å². The minimum absolute atomic E-state index is 0.243. The van der Waals surface area contributed by atoms with Crippen molar-refractivity contribution < 1.29 is 13.9 Å². The molecule has 20 heavy (non-hydrogen) atoms. The van der Waals surface area contributed by atoms with Crippen LogP contribution in [0.2, 0.25) is 0 Å². The van der Waals surface area contributed by atoms with E-state index in [0.717, 1.165) is 31.7 Å². The summed E-state index contributed by atoms with van der Waals surface area (Å²) in [5, 5.41) is 8.30. The lowest BCUT2D eigenvalue weighted by Gasteiger charge is -2.21. The summed E-state index contributed by atoms with van der Waals surface area (Å²) >= 11 is 0. The average Bonchev–Trinajstić information content (AvgIpc) is 3.00. The van der Waals surface area contributed by atoms with E-state index < -0.39 is 5.60 Å². The number of carbonyl (C=O) groups excluding carboxylic acids is 1. The van der Waals surface area contributed by atoms with Crippen molar-refractivity contribution in [3.63, 3.8) is 0 Å². The van der Waals surface area contributed by atoms with Crippen molar-refractivity contribution in [1.29, 1.82) is 0 Å². The number of hydrogen-bond acceptors (Lipinski definition) is 6. The van der Waals surface area contributed by atoms with Crippen LogP contribution in [0.15, 0.2) is 4.42 Å². The van der Waals surface area contributed by atoms with Gasteiger partial charge in [-0.2, -0.15) is 0 Å². The highest BCUT2D eigenvalue weighted by atomic mass is 16.6. The van der Waals surface area contributed by atoms with Gasteiger partial charge in [0.25, 0.3) is 0 Å². The molecule has 0 unspecified atom stereocenters. The first kappa shape index (κ1) is 12.0.